The fourth-order valence-electron chi connectivity index (χ4n) is 3.58. The van der Waals surface area contributed by atoms with Crippen LogP contribution in [-0.4, -0.2) is 25.2 Å². The largest absolute Gasteiger partial charge is 0.373 e. The van der Waals surface area contributed by atoms with E-state index in [2.05, 4.69) is 0 Å². The molecule has 0 amide bonds. The number of aromatic nitrogens is 3. The van der Waals surface area contributed by atoms with E-state index in [4.69, 9.17) is 4.74 Å². The Labute approximate surface area is 146 Å². The number of nitro groups is 1. The van der Waals surface area contributed by atoms with Crippen LogP contribution in [0.2, 0.25) is 0 Å². The summed E-state index contributed by atoms with van der Waals surface area (Å²) in [5.41, 5.74) is 1.48. The topological polar surface area (TPSA) is 101 Å². The Morgan fingerprint density at radius 1 is 1.19 bits per heavy atom. The Kier molecular flexibility index (Phi) is 3.55. The number of fused-ring (bicyclic) bond motifs is 3. The highest BCUT2D eigenvalue weighted by Crippen LogP contribution is 2.34. The number of nitrogens with zero attached hydrogens (tertiary/aromatic N) is 4. The van der Waals surface area contributed by atoms with Crippen LogP contribution in [0, 0.1) is 10.1 Å². The zero-order valence-electron chi connectivity index (χ0n) is 14.3. The number of benzene rings is 1. The molecule has 134 valence electrons. The van der Waals surface area contributed by atoms with Crippen LogP contribution in [0.3, 0.4) is 0 Å². The van der Waals surface area contributed by atoms with Crippen LogP contribution in [0.4, 0.5) is 5.69 Å². The summed E-state index contributed by atoms with van der Waals surface area (Å²) in [6.07, 6.45) is 0. The van der Waals surface area contributed by atoms with Gasteiger partial charge in [0.05, 0.1) is 40.4 Å². The second kappa shape index (κ2) is 5.67. The van der Waals surface area contributed by atoms with Gasteiger partial charge >= 0.3 is 5.69 Å². The lowest BCUT2D eigenvalue weighted by molar-refractivity contribution is -0.384. The molecule has 2 aromatic heterocycles. The Morgan fingerprint density at radius 3 is 2.69 bits per heavy atom. The molecule has 0 aliphatic carbocycles. The quantitative estimate of drug-likeness (QED) is 0.506. The maximum atomic E-state index is 12.9. The summed E-state index contributed by atoms with van der Waals surface area (Å²) in [5, 5.41) is 11.5. The zero-order chi connectivity index (χ0) is 18.6. The monoisotopic (exact) mass is 356 g/mol. The number of rotatable bonds is 2. The SMILES string of the molecule is Cn1c(=O)c2c(-c3cccc([N+](=O)[O-])c3)n3c(c2n(C)c1=O)COCC3. The van der Waals surface area contributed by atoms with Crippen molar-refractivity contribution >= 4 is 16.6 Å². The van der Waals surface area contributed by atoms with Crippen LogP contribution in [0.25, 0.3) is 22.2 Å². The molecule has 0 fully saturated rings. The van der Waals surface area contributed by atoms with E-state index in [9.17, 15) is 19.7 Å². The highest BCUT2D eigenvalue weighted by molar-refractivity contribution is 5.96. The predicted octanol–water partition coefficient (Wildman–Crippen LogP) is 1.14. The van der Waals surface area contributed by atoms with Crippen molar-refractivity contribution in [1.82, 2.24) is 13.7 Å². The summed E-state index contributed by atoms with van der Waals surface area (Å²) in [6, 6.07) is 6.17. The van der Waals surface area contributed by atoms with Gasteiger partial charge < -0.3 is 9.30 Å². The van der Waals surface area contributed by atoms with Crippen LogP contribution in [0.15, 0.2) is 33.9 Å². The zero-order valence-corrected chi connectivity index (χ0v) is 14.3. The molecule has 3 heterocycles. The fourth-order valence-corrected chi connectivity index (χ4v) is 3.58. The second-order valence-electron chi connectivity index (χ2n) is 6.24. The first-order valence-corrected chi connectivity index (χ1v) is 8.05. The Morgan fingerprint density at radius 2 is 1.96 bits per heavy atom. The van der Waals surface area contributed by atoms with Crippen molar-refractivity contribution in [2.24, 2.45) is 14.1 Å². The molecule has 0 saturated carbocycles. The molecule has 0 saturated heterocycles. The Balaban J connectivity index is 2.20. The van der Waals surface area contributed by atoms with E-state index in [-0.39, 0.29) is 12.3 Å². The van der Waals surface area contributed by atoms with Gasteiger partial charge in [0.15, 0.2) is 0 Å². The number of aryl methyl sites for hydroxylation is 1. The lowest BCUT2D eigenvalue weighted by Crippen LogP contribution is -2.36. The first-order chi connectivity index (χ1) is 12.4. The molecule has 1 aliphatic rings. The number of nitro benzene ring substituents is 1. The van der Waals surface area contributed by atoms with Gasteiger partial charge in [-0.1, -0.05) is 12.1 Å². The molecular weight excluding hydrogens is 340 g/mol. The lowest BCUT2D eigenvalue weighted by atomic mass is 10.1. The molecule has 0 unspecified atom stereocenters. The van der Waals surface area contributed by atoms with Gasteiger partial charge in [0.2, 0.25) is 0 Å². The Bertz CT molecular complexity index is 1180. The van der Waals surface area contributed by atoms with E-state index in [1.165, 1.54) is 23.7 Å². The van der Waals surface area contributed by atoms with E-state index in [1.54, 1.807) is 19.2 Å². The normalized spacial score (nSPS) is 13.8. The summed E-state index contributed by atoms with van der Waals surface area (Å²) in [5.74, 6) is 0. The third-order valence-electron chi connectivity index (χ3n) is 4.80. The smallest absolute Gasteiger partial charge is 0.331 e. The summed E-state index contributed by atoms with van der Waals surface area (Å²) >= 11 is 0. The number of non-ortho nitro benzene ring substituents is 1. The van der Waals surface area contributed by atoms with Gasteiger partial charge in [-0.3, -0.25) is 24.0 Å². The molecule has 9 heteroatoms. The standard InChI is InChI=1S/C17H16N4O5/c1-18-15-12-9-26-7-6-20(12)14(13(15)16(22)19(2)17(18)23)10-4-3-5-11(8-10)21(24)25/h3-5,8H,6-7,9H2,1-2H3. The van der Waals surface area contributed by atoms with Gasteiger partial charge in [-0.15, -0.1) is 0 Å². The van der Waals surface area contributed by atoms with Crippen molar-refractivity contribution in [3.63, 3.8) is 0 Å². The van der Waals surface area contributed by atoms with Gasteiger partial charge in [-0.05, 0) is 0 Å². The highest BCUT2D eigenvalue weighted by Gasteiger charge is 2.27. The molecule has 1 aromatic carbocycles. The van der Waals surface area contributed by atoms with E-state index in [1.807, 2.05) is 4.57 Å². The molecule has 0 spiro atoms. The van der Waals surface area contributed by atoms with Crippen molar-refractivity contribution in [3.05, 3.63) is 60.9 Å². The maximum Gasteiger partial charge on any atom is 0.331 e. The molecule has 0 bridgehead atoms. The molecule has 0 radical (unpaired) electrons. The van der Waals surface area contributed by atoms with Crippen LogP contribution in [-0.2, 0) is 32.0 Å². The highest BCUT2D eigenvalue weighted by atomic mass is 16.6. The van der Waals surface area contributed by atoms with Crippen LogP contribution >= 0.6 is 0 Å². The van der Waals surface area contributed by atoms with Gasteiger partial charge in [0.1, 0.15) is 0 Å². The van der Waals surface area contributed by atoms with E-state index < -0.39 is 16.2 Å². The van der Waals surface area contributed by atoms with Crippen molar-refractivity contribution in [3.8, 4) is 11.3 Å². The third-order valence-corrected chi connectivity index (χ3v) is 4.80. The van der Waals surface area contributed by atoms with Gasteiger partial charge in [0, 0.05) is 38.3 Å². The van der Waals surface area contributed by atoms with E-state index in [0.29, 0.717) is 35.3 Å². The van der Waals surface area contributed by atoms with Gasteiger partial charge in [-0.2, -0.15) is 0 Å². The number of ether oxygens (including phenoxy) is 1. The average molecular weight is 356 g/mol. The molecule has 0 N–H and O–H groups in total. The first-order valence-electron chi connectivity index (χ1n) is 8.05. The minimum Gasteiger partial charge on any atom is -0.373 e. The summed E-state index contributed by atoms with van der Waals surface area (Å²) in [4.78, 5) is 36.0. The second-order valence-corrected chi connectivity index (χ2v) is 6.24. The minimum atomic E-state index is -0.470. The number of hydrogen-bond acceptors (Lipinski definition) is 5. The average Bonchev–Trinajstić information content (AvgIpc) is 3.00. The fraction of sp³-hybridized carbons (Fsp3) is 0.294. The van der Waals surface area contributed by atoms with Crippen molar-refractivity contribution in [1.29, 1.82) is 0 Å². The molecular formula is C17H16N4O5. The molecule has 3 aromatic rings. The Hall–Kier alpha value is -3.20. The van der Waals surface area contributed by atoms with Gasteiger partial charge in [-0.25, -0.2) is 4.79 Å². The van der Waals surface area contributed by atoms with Crippen molar-refractivity contribution in [2.75, 3.05) is 6.61 Å². The molecule has 0 atom stereocenters. The summed E-state index contributed by atoms with van der Waals surface area (Å²) in [6.45, 7) is 1.23. The minimum absolute atomic E-state index is 0.0556. The number of hydrogen-bond donors (Lipinski definition) is 0. The van der Waals surface area contributed by atoms with Gasteiger partial charge in [0.25, 0.3) is 11.2 Å². The molecule has 9 nitrogen and oxygen atoms in total. The predicted molar refractivity (Wildman–Crippen MR) is 94.2 cm³/mol. The first kappa shape index (κ1) is 16.3. The van der Waals surface area contributed by atoms with Crippen molar-refractivity contribution < 1.29 is 9.66 Å². The third kappa shape index (κ3) is 2.14. The molecule has 26 heavy (non-hydrogen) atoms. The maximum absolute atomic E-state index is 12.9. The lowest BCUT2D eigenvalue weighted by Gasteiger charge is -2.18. The van der Waals surface area contributed by atoms with E-state index in [0.717, 1.165) is 10.3 Å². The molecule has 1 aliphatic heterocycles. The summed E-state index contributed by atoms with van der Waals surface area (Å²) < 4.78 is 9.93. The van der Waals surface area contributed by atoms with Crippen LogP contribution in [0.1, 0.15) is 5.69 Å². The van der Waals surface area contributed by atoms with Crippen LogP contribution in [0.5, 0.6) is 0 Å². The summed E-state index contributed by atoms with van der Waals surface area (Å²) in [7, 11) is 3.03. The van der Waals surface area contributed by atoms with Crippen molar-refractivity contribution in [2.45, 2.75) is 13.2 Å². The van der Waals surface area contributed by atoms with Crippen LogP contribution < -0.4 is 11.2 Å². The molecule has 4 rings (SSSR count). The van der Waals surface area contributed by atoms with E-state index >= 15 is 0 Å².